The van der Waals surface area contributed by atoms with E-state index in [9.17, 15) is 18.0 Å². The van der Waals surface area contributed by atoms with Gasteiger partial charge in [0.2, 0.25) is 5.91 Å². The van der Waals surface area contributed by atoms with Gasteiger partial charge in [-0.15, -0.1) is 0 Å². The zero-order chi connectivity index (χ0) is 18.2. The van der Waals surface area contributed by atoms with Crippen LogP contribution >= 0.6 is 0 Å². The summed E-state index contributed by atoms with van der Waals surface area (Å²) in [5, 5.41) is 6.33. The molecule has 1 aromatic carbocycles. The van der Waals surface area contributed by atoms with E-state index in [1.807, 2.05) is 13.8 Å². The van der Waals surface area contributed by atoms with Crippen molar-refractivity contribution >= 4 is 5.91 Å². The molecular weight excluding hydrogens is 329 g/mol. The van der Waals surface area contributed by atoms with Crippen LogP contribution in [-0.2, 0) is 11.0 Å². The van der Waals surface area contributed by atoms with E-state index in [1.165, 1.54) is 6.07 Å². The molecule has 2 atom stereocenters. The van der Waals surface area contributed by atoms with Crippen LogP contribution in [0.15, 0.2) is 24.3 Å². The lowest BCUT2D eigenvalue weighted by molar-refractivity contribution is -0.137. The summed E-state index contributed by atoms with van der Waals surface area (Å²) >= 11 is 0. The fraction of sp³-hybridized carbons (Fsp3) is 0.632. The number of carbonyl (C=O) groups excluding carboxylic acids is 1. The van der Waals surface area contributed by atoms with Crippen molar-refractivity contribution in [1.82, 2.24) is 10.6 Å². The van der Waals surface area contributed by atoms with E-state index < -0.39 is 17.8 Å². The summed E-state index contributed by atoms with van der Waals surface area (Å²) in [7, 11) is 0. The van der Waals surface area contributed by atoms with Crippen LogP contribution in [0.4, 0.5) is 13.2 Å². The van der Waals surface area contributed by atoms with Crippen LogP contribution in [0.5, 0.6) is 0 Å². The summed E-state index contributed by atoms with van der Waals surface area (Å²) in [4.78, 5) is 12.7. The van der Waals surface area contributed by atoms with Crippen molar-refractivity contribution in [3.05, 3.63) is 35.4 Å². The minimum absolute atomic E-state index is 0.00153. The molecule has 1 saturated heterocycles. The van der Waals surface area contributed by atoms with Gasteiger partial charge in [-0.1, -0.05) is 26.0 Å². The smallest absolute Gasteiger partial charge is 0.349 e. The number of hydrogen-bond donors (Lipinski definition) is 2. The molecule has 1 heterocycles. The number of benzene rings is 1. The molecule has 1 saturated carbocycles. The molecule has 25 heavy (non-hydrogen) atoms. The highest BCUT2D eigenvalue weighted by Gasteiger charge is 2.57. The summed E-state index contributed by atoms with van der Waals surface area (Å²) in [6, 6.07) is 4.87. The van der Waals surface area contributed by atoms with Gasteiger partial charge in [0.05, 0.1) is 11.6 Å². The van der Waals surface area contributed by atoms with E-state index in [0.717, 1.165) is 44.5 Å². The molecule has 1 amide bonds. The molecule has 0 bridgehead atoms. The maximum atomic E-state index is 13.0. The predicted molar refractivity (Wildman–Crippen MR) is 89.8 cm³/mol. The van der Waals surface area contributed by atoms with Crippen LogP contribution in [0, 0.1) is 17.3 Å². The van der Waals surface area contributed by atoms with Crippen LogP contribution in [0.1, 0.15) is 50.3 Å². The summed E-state index contributed by atoms with van der Waals surface area (Å²) in [6.45, 7) is 5.70. The standard InChI is InChI=1S/C19H25F3N2O/c1-12(2)16(13-4-3-5-14(10-13)19(20,21)22)24-17(25)15-11-18(15)6-8-23-9-7-18/h3-5,10,12,15-16,23H,6-9,11H2,1-2H3,(H,24,25). The maximum absolute atomic E-state index is 13.0. The normalized spacial score (nSPS) is 23.5. The van der Waals surface area contributed by atoms with Crippen LogP contribution in [0.3, 0.4) is 0 Å². The summed E-state index contributed by atoms with van der Waals surface area (Å²) in [6.07, 6.45) is -1.48. The van der Waals surface area contributed by atoms with Gasteiger partial charge in [0, 0.05) is 5.92 Å². The monoisotopic (exact) mass is 354 g/mol. The molecule has 1 spiro atoms. The lowest BCUT2D eigenvalue weighted by Gasteiger charge is -2.26. The second-order valence-electron chi connectivity index (χ2n) is 7.72. The topological polar surface area (TPSA) is 41.1 Å². The number of hydrogen-bond acceptors (Lipinski definition) is 2. The van der Waals surface area contributed by atoms with Crippen LogP contribution in [-0.4, -0.2) is 19.0 Å². The Morgan fingerprint density at radius 2 is 1.96 bits per heavy atom. The van der Waals surface area contributed by atoms with Gasteiger partial charge >= 0.3 is 6.18 Å². The van der Waals surface area contributed by atoms with Gasteiger partial charge in [0.1, 0.15) is 0 Å². The maximum Gasteiger partial charge on any atom is 0.416 e. The zero-order valence-corrected chi connectivity index (χ0v) is 14.6. The van der Waals surface area contributed by atoms with E-state index >= 15 is 0 Å². The first-order valence-corrected chi connectivity index (χ1v) is 8.91. The zero-order valence-electron chi connectivity index (χ0n) is 14.6. The van der Waals surface area contributed by atoms with Crippen molar-refractivity contribution in [2.75, 3.05) is 13.1 Å². The molecule has 2 unspecified atom stereocenters. The molecule has 3 rings (SSSR count). The van der Waals surface area contributed by atoms with E-state index in [1.54, 1.807) is 6.07 Å². The molecule has 2 fully saturated rings. The third kappa shape index (κ3) is 3.84. The third-order valence-corrected chi connectivity index (χ3v) is 5.64. The van der Waals surface area contributed by atoms with Crippen molar-refractivity contribution in [2.24, 2.45) is 17.3 Å². The van der Waals surface area contributed by atoms with Crippen molar-refractivity contribution in [3.63, 3.8) is 0 Å². The Bertz CT molecular complexity index is 636. The average Bonchev–Trinajstić information content (AvgIpc) is 3.25. The Balaban J connectivity index is 1.73. The molecule has 3 nitrogen and oxygen atoms in total. The van der Waals surface area contributed by atoms with E-state index in [2.05, 4.69) is 10.6 Å². The number of halogens is 3. The number of rotatable bonds is 4. The van der Waals surface area contributed by atoms with Crippen molar-refractivity contribution < 1.29 is 18.0 Å². The van der Waals surface area contributed by atoms with Crippen molar-refractivity contribution in [1.29, 1.82) is 0 Å². The molecule has 6 heteroatoms. The first-order chi connectivity index (χ1) is 11.7. The van der Waals surface area contributed by atoms with Gasteiger partial charge in [0.15, 0.2) is 0 Å². The highest BCUT2D eigenvalue weighted by Crippen LogP contribution is 2.58. The fourth-order valence-electron chi connectivity index (χ4n) is 3.99. The van der Waals surface area contributed by atoms with E-state index in [4.69, 9.17) is 0 Å². The molecular formula is C19H25F3N2O. The van der Waals surface area contributed by atoms with Crippen molar-refractivity contribution in [3.8, 4) is 0 Å². The fourth-order valence-corrected chi connectivity index (χ4v) is 3.99. The SMILES string of the molecule is CC(C)C(NC(=O)C1CC12CCNCC2)c1cccc(C(F)(F)F)c1. The van der Waals surface area contributed by atoms with Crippen molar-refractivity contribution in [2.45, 2.75) is 45.3 Å². The molecule has 138 valence electrons. The number of nitrogens with one attached hydrogen (secondary N) is 2. The molecule has 2 aliphatic rings. The van der Waals surface area contributed by atoms with Crippen LogP contribution in [0.25, 0.3) is 0 Å². The minimum atomic E-state index is -4.38. The third-order valence-electron chi connectivity index (χ3n) is 5.64. The largest absolute Gasteiger partial charge is 0.416 e. The van der Waals surface area contributed by atoms with E-state index in [0.29, 0.717) is 5.56 Å². The molecule has 0 aromatic heterocycles. The Hall–Kier alpha value is -1.56. The molecule has 1 aliphatic heterocycles. The van der Waals surface area contributed by atoms with Gasteiger partial charge < -0.3 is 10.6 Å². The highest BCUT2D eigenvalue weighted by atomic mass is 19.4. The van der Waals surface area contributed by atoms with E-state index in [-0.39, 0.29) is 23.2 Å². The van der Waals surface area contributed by atoms with Gasteiger partial charge in [-0.3, -0.25) is 4.79 Å². The molecule has 1 aromatic rings. The number of amides is 1. The Morgan fingerprint density at radius 1 is 1.28 bits per heavy atom. The average molecular weight is 354 g/mol. The lowest BCUT2D eigenvalue weighted by atomic mass is 9.90. The van der Waals surface area contributed by atoms with Gasteiger partial charge in [-0.2, -0.15) is 13.2 Å². The summed E-state index contributed by atoms with van der Waals surface area (Å²) in [5.41, 5.74) is -0.0469. The lowest BCUT2D eigenvalue weighted by Crippen LogP contribution is -2.36. The Labute approximate surface area is 146 Å². The first-order valence-electron chi connectivity index (χ1n) is 8.91. The molecule has 1 aliphatic carbocycles. The summed E-state index contributed by atoms with van der Waals surface area (Å²) < 4.78 is 38.9. The first kappa shape index (κ1) is 18.2. The second-order valence-corrected chi connectivity index (χ2v) is 7.72. The minimum Gasteiger partial charge on any atom is -0.349 e. The van der Waals surface area contributed by atoms with Crippen LogP contribution < -0.4 is 10.6 Å². The number of alkyl halides is 3. The Kier molecular flexibility index (Phi) is 4.84. The second kappa shape index (κ2) is 6.63. The van der Waals surface area contributed by atoms with Gasteiger partial charge in [0.25, 0.3) is 0 Å². The quantitative estimate of drug-likeness (QED) is 0.861. The Morgan fingerprint density at radius 3 is 2.56 bits per heavy atom. The number of carbonyl (C=O) groups is 1. The highest BCUT2D eigenvalue weighted by molar-refractivity contribution is 5.83. The predicted octanol–water partition coefficient (Wildman–Crippen LogP) is 3.91. The molecule has 0 radical (unpaired) electrons. The number of piperidine rings is 1. The van der Waals surface area contributed by atoms with Crippen LogP contribution in [0.2, 0.25) is 0 Å². The van der Waals surface area contributed by atoms with Gasteiger partial charge in [-0.05, 0) is 61.4 Å². The summed E-state index contributed by atoms with van der Waals surface area (Å²) in [5.74, 6) is -0.00480. The molecule has 2 N–H and O–H groups in total. The van der Waals surface area contributed by atoms with Gasteiger partial charge in [-0.25, -0.2) is 0 Å².